The summed E-state index contributed by atoms with van der Waals surface area (Å²) >= 11 is 0. The van der Waals surface area contributed by atoms with E-state index in [-0.39, 0.29) is 22.8 Å². The van der Waals surface area contributed by atoms with Crippen LogP contribution in [0.25, 0.3) is 10.9 Å². The van der Waals surface area contributed by atoms with Gasteiger partial charge in [-0.15, -0.1) is 0 Å². The molecule has 0 spiro atoms. The summed E-state index contributed by atoms with van der Waals surface area (Å²) in [5.41, 5.74) is 1.26. The number of sulfonamides is 1. The van der Waals surface area contributed by atoms with Gasteiger partial charge >= 0.3 is 0 Å². The number of fused-ring (bicyclic) bond motifs is 1. The van der Waals surface area contributed by atoms with Crippen molar-refractivity contribution >= 4 is 20.9 Å². The highest BCUT2D eigenvalue weighted by Gasteiger charge is 2.27. The second-order valence-corrected chi connectivity index (χ2v) is 8.78. The van der Waals surface area contributed by atoms with Gasteiger partial charge < -0.3 is 4.98 Å². The average molecular weight is 378 g/mol. The molecule has 3 aromatic rings. The quantitative estimate of drug-likeness (QED) is 0.705. The molecule has 0 atom stereocenters. The lowest BCUT2D eigenvalue weighted by Crippen LogP contribution is -2.36. The first kappa shape index (κ1) is 18.5. The van der Waals surface area contributed by atoms with Gasteiger partial charge in [-0.3, -0.25) is 0 Å². The number of nitrogens with one attached hydrogen (secondary N) is 2. The number of H-pyrrole nitrogens is 1. The molecule has 0 amide bonds. The van der Waals surface area contributed by atoms with Gasteiger partial charge in [0.2, 0.25) is 10.0 Å². The van der Waals surface area contributed by atoms with Crippen LogP contribution in [0.5, 0.6) is 0 Å². The zero-order valence-electron chi connectivity index (χ0n) is 14.7. The molecule has 3 rings (SSSR count). The van der Waals surface area contributed by atoms with Crippen molar-refractivity contribution in [2.75, 3.05) is 6.54 Å². The van der Waals surface area contributed by atoms with Gasteiger partial charge in [0.05, 0.1) is 4.90 Å². The normalized spacial score (nSPS) is 12.7. The molecule has 0 saturated heterocycles. The van der Waals surface area contributed by atoms with Crippen molar-refractivity contribution in [2.45, 2.75) is 31.1 Å². The first-order valence-corrected chi connectivity index (χ1v) is 9.61. The minimum Gasteiger partial charge on any atom is -0.361 e. The SMILES string of the molecule is Cc1cc(S(=O)(=O)NCC(C)(C)c2c[nH]c3cc(F)ccc23)ccc1F. The Morgan fingerprint density at radius 2 is 1.85 bits per heavy atom. The maximum absolute atomic E-state index is 13.4. The van der Waals surface area contributed by atoms with Gasteiger partial charge in [0.15, 0.2) is 0 Å². The summed E-state index contributed by atoms with van der Waals surface area (Å²) < 4.78 is 54.4. The van der Waals surface area contributed by atoms with E-state index >= 15 is 0 Å². The van der Waals surface area contributed by atoms with Gasteiger partial charge in [0, 0.05) is 29.1 Å². The van der Waals surface area contributed by atoms with Gasteiger partial charge in [-0.25, -0.2) is 21.9 Å². The molecule has 1 heterocycles. The Kier molecular flexibility index (Phi) is 4.62. The molecule has 4 nitrogen and oxygen atoms in total. The topological polar surface area (TPSA) is 62.0 Å². The second kappa shape index (κ2) is 6.48. The van der Waals surface area contributed by atoms with E-state index in [2.05, 4.69) is 9.71 Å². The Hall–Kier alpha value is -2.25. The number of rotatable bonds is 5. The third-order valence-electron chi connectivity index (χ3n) is 4.52. The molecular weight excluding hydrogens is 358 g/mol. The second-order valence-electron chi connectivity index (χ2n) is 7.01. The summed E-state index contributed by atoms with van der Waals surface area (Å²) in [6.07, 6.45) is 1.76. The van der Waals surface area contributed by atoms with E-state index in [0.717, 1.165) is 17.0 Å². The van der Waals surface area contributed by atoms with Crippen LogP contribution in [0.1, 0.15) is 25.0 Å². The maximum Gasteiger partial charge on any atom is 0.240 e. The van der Waals surface area contributed by atoms with Crippen molar-refractivity contribution in [3.63, 3.8) is 0 Å². The van der Waals surface area contributed by atoms with Crippen LogP contribution in [-0.2, 0) is 15.4 Å². The highest BCUT2D eigenvalue weighted by Crippen LogP contribution is 2.30. The number of hydrogen-bond donors (Lipinski definition) is 2. The third-order valence-corrected chi connectivity index (χ3v) is 5.92. The van der Waals surface area contributed by atoms with Crippen LogP contribution in [0.3, 0.4) is 0 Å². The number of hydrogen-bond acceptors (Lipinski definition) is 2. The van der Waals surface area contributed by atoms with Crippen molar-refractivity contribution in [2.24, 2.45) is 0 Å². The predicted octanol–water partition coefficient (Wildman–Crippen LogP) is 4.01. The third kappa shape index (κ3) is 3.50. The Labute approximate surface area is 151 Å². The zero-order valence-corrected chi connectivity index (χ0v) is 15.5. The minimum absolute atomic E-state index is 0.0215. The molecule has 0 aliphatic carbocycles. The van der Waals surface area contributed by atoms with Crippen molar-refractivity contribution in [3.05, 3.63) is 65.4 Å². The molecule has 0 unspecified atom stereocenters. The van der Waals surface area contributed by atoms with Crippen LogP contribution >= 0.6 is 0 Å². The number of benzene rings is 2. The highest BCUT2D eigenvalue weighted by molar-refractivity contribution is 7.89. The lowest BCUT2D eigenvalue weighted by atomic mass is 9.85. The lowest BCUT2D eigenvalue weighted by Gasteiger charge is -2.25. The Bertz CT molecular complexity index is 1070. The molecule has 26 heavy (non-hydrogen) atoms. The van der Waals surface area contributed by atoms with Gasteiger partial charge in [-0.05, 0) is 54.4 Å². The Morgan fingerprint density at radius 1 is 1.12 bits per heavy atom. The Balaban J connectivity index is 1.85. The number of aromatic amines is 1. The van der Waals surface area contributed by atoms with Gasteiger partial charge in [-0.2, -0.15) is 0 Å². The largest absolute Gasteiger partial charge is 0.361 e. The van der Waals surface area contributed by atoms with Gasteiger partial charge in [-0.1, -0.05) is 13.8 Å². The molecule has 7 heteroatoms. The van der Waals surface area contributed by atoms with E-state index < -0.39 is 21.3 Å². The van der Waals surface area contributed by atoms with E-state index in [1.165, 1.54) is 31.2 Å². The predicted molar refractivity (Wildman–Crippen MR) is 97.6 cm³/mol. The summed E-state index contributed by atoms with van der Waals surface area (Å²) in [6, 6.07) is 8.15. The highest BCUT2D eigenvalue weighted by atomic mass is 32.2. The summed E-state index contributed by atoms with van der Waals surface area (Å²) in [4.78, 5) is 3.04. The zero-order chi connectivity index (χ0) is 19.1. The standard InChI is InChI=1S/C19H20F2N2O2S/c1-12-8-14(5-7-17(12)21)26(24,25)23-11-19(2,3)16-10-22-18-9-13(20)4-6-15(16)18/h4-10,22-23H,11H2,1-3H3. The van der Waals surface area contributed by atoms with Crippen LogP contribution in [0.15, 0.2) is 47.5 Å². The summed E-state index contributed by atoms with van der Waals surface area (Å²) in [6.45, 7) is 5.45. The summed E-state index contributed by atoms with van der Waals surface area (Å²) in [7, 11) is -3.77. The smallest absolute Gasteiger partial charge is 0.240 e. The van der Waals surface area contributed by atoms with E-state index in [0.29, 0.717) is 5.52 Å². The fourth-order valence-electron chi connectivity index (χ4n) is 2.90. The molecule has 0 saturated carbocycles. The van der Waals surface area contributed by atoms with E-state index in [1.807, 2.05) is 13.8 Å². The molecule has 0 aliphatic heterocycles. The molecule has 138 valence electrons. The van der Waals surface area contributed by atoms with Crippen LogP contribution < -0.4 is 4.72 Å². The van der Waals surface area contributed by atoms with Crippen LogP contribution in [-0.4, -0.2) is 19.9 Å². The van der Waals surface area contributed by atoms with Crippen LogP contribution in [0.2, 0.25) is 0 Å². The fraction of sp³-hybridized carbons (Fsp3) is 0.263. The molecule has 0 bridgehead atoms. The summed E-state index contributed by atoms with van der Waals surface area (Å²) in [5.74, 6) is -0.786. The number of halogens is 2. The van der Waals surface area contributed by atoms with Crippen molar-refractivity contribution in [3.8, 4) is 0 Å². The lowest BCUT2D eigenvalue weighted by molar-refractivity contribution is 0.504. The van der Waals surface area contributed by atoms with E-state index in [4.69, 9.17) is 0 Å². The number of aromatic nitrogens is 1. The Morgan fingerprint density at radius 3 is 2.54 bits per heavy atom. The molecule has 0 radical (unpaired) electrons. The summed E-state index contributed by atoms with van der Waals surface area (Å²) in [5, 5.41) is 0.841. The minimum atomic E-state index is -3.77. The molecule has 1 aromatic heterocycles. The van der Waals surface area contributed by atoms with E-state index in [9.17, 15) is 17.2 Å². The van der Waals surface area contributed by atoms with Gasteiger partial charge in [0.1, 0.15) is 11.6 Å². The molecule has 2 N–H and O–H groups in total. The molecular formula is C19H20F2N2O2S. The van der Waals surface area contributed by atoms with Crippen molar-refractivity contribution in [1.82, 2.24) is 9.71 Å². The maximum atomic E-state index is 13.4. The number of aryl methyl sites for hydroxylation is 1. The molecule has 0 fully saturated rings. The molecule has 2 aromatic carbocycles. The monoisotopic (exact) mass is 378 g/mol. The fourth-order valence-corrected chi connectivity index (χ4v) is 4.19. The van der Waals surface area contributed by atoms with Crippen molar-refractivity contribution in [1.29, 1.82) is 0 Å². The van der Waals surface area contributed by atoms with Crippen LogP contribution in [0, 0.1) is 18.6 Å². The van der Waals surface area contributed by atoms with E-state index in [1.54, 1.807) is 12.3 Å². The molecule has 0 aliphatic rings. The van der Waals surface area contributed by atoms with Crippen LogP contribution in [0.4, 0.5) is 8.78 Å². The van der Waals surface area contributed by atoms with Crippen molar-refractivity contribution < 1.29 is 17.2 Å². The van der Waals surface area contributed by atoms with Gasteiger partial charge in [0.25, 0.3) is 0 Å². The first-order valence-electron chi connectivity index (χ1n) is 8.13. The average Bonchev–Trinajstić information content (AvgIpc) is 2.99. The first-order chi connectivity index (χ1) is 12.1.